The Hall–Kier alpha value is -1.19. The van der Waals surface area contributed by atoms with Gasteiger partial charge in [-0.1, -0.05) is 18.2 Å². The molecule has 1 aromatic carbocycles. The Morgan fingerprint density at radius 1 is 1.36 bits per heavy atom. The van der Waals surface area contributed by atoms with E-state index in [1.807, 2.05) is 31.1 Å². The zero-order valence-electron chi connectivity index (χ0n) is 8.53. The van der Waals surface area contributed by atoms with Crippen molar-refractivity contribution in [1.82, 2.24) is 4.90 Å². The molecule has 0 bridgehead atoms. The molecular formula is C11H15NO2. The van der Waals surface area contributed by atoms with Crippen LogP contribution in [0.3, 0.4) is 0 Å². The smallest absolute Gasteiger partial charge is 0.150 e. The summed E-state index contributed by atoms with van der Waals surface area (Å²) in [7, 11) is 3.89. The van der Waals surface area contributed by atoms with Crippen molar-refractivity contribution < 1.29 is 9.90 Å². The van der Waals surface area contributed by atoms with E-state index < -0.39 is 0 Å². The highest BCUT2D eigenvalue weighted by molar-refractivity contribution is 5.79. The molecule has 0 spiro atoms. The number of carbonyl (C=O) groups is 1. The third-order valence-electron chi connectivity index (χ3n) is 2.06. The lowest BCUT2D eigenvalue weighted by Crippen LogP contribution is -2.13. The maximum atomic E-state index is 10.9. The molecule has 0 aliphatic heterocycles. The van der Waals surface area contributed by atoms with Gasteiger partial charge in [0, 0.05) is 12.1 Å². The molecule has 0 saturated carbocycles. The summed E-state index contributed by atoms with van der Waals surface area (Å²) in [5.74, 6) is 0. The predicted molar refractivity (Wildman–Crippen MR) is 55.1 cm³/mol. The van der Waals surface area contributed by atoms with Crippen molar-refractivity contribution in [3.05, 3.63) is 34.9 Å². The van der Waals surface area contributed by atoms with Gasteiger partial charge < -0.3 is 10.0 Å². The quantitative estimate of drug-likeness (QED) is 0.727. The molecule has 0 heterocycles. The molecule has 0 aliphatic rings. The molecular weight excluding hydrogens is 178 g/mol. The second-order valence-electron chi connectivity index (χ2n) is 3.50. The molecule has 0 saturated heterocycles. The van der Waals surface area contributed by atoms with Crippen LogP contribution in [0, 0.1) is 0 Å². The van der Waals surface area contributed by atoms with E-state index >= 15 is 0 Å². The van der Waals surface area contributed by atoms with Crippen molar-refractivity contribution in [1.29, 1.82) is 0 Å². The topological polar surface area (TPSA) is 40.5 Å². The molecule has 0 unspecified atom stereocenters. The number of benzene rings is 1. The largest absolute Gasteiger partial charge is 0.392 e. The van der Waals surface area contributed by atoms with Crippen LogP contribution in [0.15, 0.2) is 18.2 Å². The third kappa shape index (κ3) is 2.40. The van der Waals surface area contributed by atoms with Gasteiger partial charge in [0.1, 0.15) is 0 Å². The molecule has 0 radical (unpaired) electrons. The predicted octanol–water partition coefficient (Wildman–Crippen LogP) is 1.05. The second kappa shape index (κ2) is 4.88. The SMILES string of the molecule is CN(C)Cc1cccc(CO)c1C=O. The summed E-state index contributed by atoms with van der Waals surface area (Å²) in [6.45, 7) is 0.622. The van der Waals surface area contributed by atoms with Crippen LogP contribution in [0.25, 0.3) is 0 Å². The first-order valence-electron chi connectivity index (χ1n) is 4.50. The van der Waals surface area contributed by atoms with Crippen LogP contribution in [0.5, 0.6) is 0 Å². The molecule has 0 atom stereocenters. The van der Waals surface area contributed by atoms with Gasteiger partial charge in [-0.2, -0.15) is 0 Å². The minimum atomic E-state index is -0.0880. The Balaban J connectivity index is 3.08. The number of hydrogen-bond donors (Lipinski definition) is 1. The molecule has 1 rings (SSSR count). The average molecular weight is 193 g/mol. The number of carbonyl (C=O) groups excluding carboxylic acids is 1. The second-order valence-corrected chi connectivity index (χ2v) is 3.50. The first kappa shape index (κ1) is 10.9. The summed E-state index contributed by atoms with van der Waals surface area (Å²) < 4.78 is 0. The van der Waals surface area contributed by atoms with Gasteiger partial charge in [0.25, 0.3) is 0 Å². The average Bonchev–Trinajstić information content (AvgIpc) is 2.16. The monoisotopic (exact) mass is 193 g/mol. The Kier molecular flexibility index (Phi) is 3.80. The van der Waals surface area contributed by atoms with Gasteiger partial charge in [0.15, 0.2) is 6.29 Å². The van der Waals surface area contributed by atoms with E-state index in [0.717, 1.165) is 11.8 Å². The van der Waals surface area contributed by atoms with Gasteiger partial charge >= 0.3 is 0 Å². The standard InChI is InChI=1S/C11H15NO2/c1-12(2)6-9-4-3-5-10(7-13)11(9)8-14/h3-5,8,13H,6-7H2,1-2H3. The maximum Gasteiger partial charge on any atom is 0.150 e. The lowest BCUT2D eigenvalue weighted by molar-refractivity contribution is 0.111. The van der Waals surface area contributed by atoms with Gasteiger partial charge in [-0.25, -0.2) is 0 Å². The summed E-state index contributed by atoms with van der Waals surface area (Å²) in [6, 6.07) is 5.53. The first-order chi connectivity index (χ1) is 6.69. The first-order valence-corrected chi connectivity index (χ1v) is 4.50. The van der Waals surface area contributed by atoms with Gasteiger partial charge in [-0.15, -0.1) is 0 Å². The van der Waals surface area contributed by atoms with E-state index in [2.05, 4.69) is 0 Å². The number of nitrogens with zero attached hydrogens (tertiary/aromatic N) is 1. The molecule has 3 heteroatoms. The van der Waals surface area contributed by atoms with Crippen molar-refractivity contribution in [2.24, 2.45) is 0 Å². The van der Waals surface area contributed by atoms with Crippen LogP contribution >= 0.6 is 0 Å². The van der Waals surface area contributed by atoms with Crippen molar-refractivity contribution in [2.75, 3.05) is 14.1 Å². The summed E-state index contributed by atoms with van der Waals surface area (Å²) in [4.78, 5) is 12.8. The van der Waals surface area contributed by atoms with Crippen molar-refractivity contribution in [3.8, 4) is 0 Å². The Bertz CT molecular complexity index is 321. The fraction of sp³-hybridized carbons (Fsp3) is 0.364. The van der Waals surface area contributed by atoms with E-state index in [1.165, 1.54) is 0 Å². The molecule has 0 amide bonds. The molecule has 3 nitrogen and oxygen atoms in total. The molecule has 0 aliphatic carbocycles. The molecule has 14 heavy (non-hydrogen) atoms. The van der Waals surface area contributed by atoms with Crippen LogP contribution in [0.1, 0.15) is 21.5 Å². The van der Waals surface area contributed by atoms with E-state index in [1.54, 1.807) is 6.07 Å². The van der Waals surface area contributed by atoms with Gasteiger partial charge in [0.2, 0.25) is 0 Å². The zero-order valence-corrected chi connectivity index (χ0v) is 8.53. The minimum absolute atomic E-state index is 0.0880. The lowest BCUT2D eigenvalue weighted by Gasteiger charge is -2.13. The number of aliphatic hydroxyl groups excluding tert-OH is 1. The summed E-state index contributed by atoms with van der Waals surface area (Å²) in [5, 5.41) is 9.04. The van der Waals surface area contributed by atoms with E-state index in [9.17, 15) is 4.79 Å². The van der Waals surface area contributed by atoms with Crippen molar-refractivity contribution in [2.45, 2.75) is 13.2 Å². The highest BCUT2D eigenvalue weighted by Crippen LogP contribution is 2.14. The lowest BCUT2D eigenvalue weighted by atomic mass is 10.0. The van der Waals surface area contributed by atoms with Crippen LogP contribution in [0.4, 0.5) is 0 Å². The van der Waals surface area contributed by atoms with E-state index in [-0.39, 0.29) is 6.61 Å². The summed E-state index contributed by atoms with van der Waals surface area (Å²) >= 11 is 0. The van der Waals surface area contributed by atoms with Crippen molar-refractivity contribution >= 4 is 6.29 Å². The van der Waals surface area contributed by atoms with Gasteiger partial charge in [-0.05, 0) is 25.2 Å². The Morgan fingerprint density at radius 3 is 2.50 bits per heavy atom. The maximum absolute atomic E-state index is 10.9. The van der Waals surface area contributed by atoms with E-state index in [4.69, 9.17) is 5.11 Å². The fourth-order valence-electron chi connectivity index (χ4n) is 1.43. The minimum Gasteiger partial charge on any atom is -0.392 e. The molecule has 1 aromatic rings. The summed E-state index contributed by atoms with van der Waals surface area (Å²) in [6.07, 6.45) is 0.810. The molecule has 1 N–H and O–H groups in total. The van der Waals surface area contributed by atoms with Crippen LogP contribution in [-0.2, 0) is 13.2 Å². The molecule has 0 aromatic heterocycles. The normalized spacial score (nSPS) is 10.6. The Morgan fingerprint density at radius 2 is 2.00 bits per heavy atom. The Labute approximate surface area is 84.0 Å². The molecule has 0 fully saturated rings. The van der Waals surface area contributed by atoms with Gasteiger partial charge in [-0.3, -0.25) is 4.79 Å². The number of aliphatic hydroxyl groups is 1. The number of rotatable bonds is 4. The van der Waals surface area contributed by atoms with E-state index in [0.29, 0.717) is 17.7 Å². The number of hydrogen-bond acceptors (Lipinski definition) is 3. The van der Waals surface area contributed by atoms with Crippen LogP contribution < -0.4 is 0 Å². The highest BCUT2D eigenvalue weighted by atomic mass is 16.3. The van der Waals surface area contributed by atoms with Crippen molar-refractivity contribution in [3.63, 3.8) is 0 Å². The third-order valence-corrected chi connectivity index (χ3v) is 2.06. The molecule has 76 valence electrons. The van der Waals surface area contributed by atoms with Crippen LogP contribution in [0.2, 0.25) is 0 Å². The fourth-order valence-corrected chi connectivity index (χ4v) is 1.43. The van der Waals surface area contributed by atoms with Gasteiger partial charge in [0.05, 0.1) is 6.61 Å². The van der Waals surface area contributed by atoms with Crippen LogP contribution in [-0.4, -0.2) is 30.4 Å². The highest BCUT2D eigenvalue weighted by Gasteiger charge is 2.06. The number of aldehydes is 1. The zero-order chi connectivity index (χ0) is 10.6. The summed E-state index contributed by atoms with van der Waals surface area (Å²) in [5.41, 5.74) is 2.26.